The Hall–Kier alpha value is -4.32. The predicted octanol–water partition coefficient (Wildman–Crippen LogP) is 13.9. The molecule has 2 aliphatic carbocycles. The third-order valence-corrected chi connectivity index (χ3v) is 22.3. The SMILES string of the molecule is CC(C)(C)c1ccc(N2c3cc4cc5c3B(c3cc6c(cc3N5c3ccc(C(C)(C)C)cc3-c3ccc(cc3)[Si]4(C)C)C(C)(C)CCC6(C)C)c3c2sc2c3C(C)(C)CCC2(C)C)cc1. The van der Waals surface area contributed by atoms with E-state index in [9.17, 15) is 0 Å². The van der Waals surface area contributed by atoms with Gasteiger partial charge in [-0.15, -0.1) is 11.3 Å². The second-order valence-corrected chi connectivity index (χ2v) is 31.4. The number of benzene rings is 5. The minimum atomic E-state index is -2.25. The standard InChI is InChI=1S/C60H71BN2SSi/c1-55(2,3)37-19-22-39(23-20-37)62-48-32-41-33-49-51(48)61(52-50-53(64-54(52)62)60(13,14)30-29-59(50,11)12)45-34-43-44(58(9,10)28-27-57(43,7)8)35-47(45)63(49)46-26-21-38(56(4,5)6)31-42(46)36-17-24-40(25-18-36)65(41,15)16/h17-26,31-35H,27-30H2,1-16H3. The van der Waals surface area contributed by atoms with Crippen molar-refractivity contribution in [2.24, 2.45) is 0 Å². The third kappa shape index (κ3) is 6.22. The average molecular weight is 891 g/mol. The Morgan fingerprint density at radius 1 is 0.523 bits per heavy atom. The normalized spacial score (nSPS) is 20.0. The van der Waals surface area contributed by atoms with E-state index in [0.717, 1.165) is 0 Å². The molecule has 6 aliphatic rings. The lowest BCUT2D eigenvalue weighted by Crippen LogP contribution is -2.64. The van der Waals surface area contributed by atoms with E-state index in [1.54, 1.807) is 21.5 Å². The first-order chi connectivity index (χ1) is 30.2. The topological polar surface area (TPSA) is 6.48 Å². The van der Waals surface area contributed by atoms with E-state index in [1.807, 2.05) is 0 Å². The second-order valence-electron chi connectivity index (χ2n) is 26.0. The molecule has 0 spiro atoms. The summed E-state index contributed by atoms with van der Waals surface area (Å²) in [6, 6.07) is 37.8. The lowest BCUT2D eigenvalue weighted by atomic mass is 9.32. The Bertz CT molecular complexity index is 2980. The van der Waals surface area contributed by atoms with E-state index < -0.39 is 8.07 Å². The van der Waals surface area contributed by atoms with Gasteiger partial charge in [-0.3, -0.25) is 0 Å². The quantitative estimate of drug-likeness (QED) is 0.152. The van der Waals surface area contributed by atoms with Crippen molar-refractivity contribution in [3.8, 4) is 11.1 Å². The first kappa shape index (κ1) is 43.3. The molecule has 4 bridgehead atoms. The van der Waals surface area contributed by atoms with Crippen LogP contribution in [0.4, 0.5) is 33.4 Å². The number of hydrogen-bond acceptors (Lipinski definition) is 3. The van der Waals surface area contributed by atoms with Crippen molar-refractivity contribution in [3.05, 3.63) is 124 Å². The molecular formula is C60H71BN2SSi. The molecule has 0 N–H and O–H groups in total. The molecule has 6 aromatic rings. The summed E-state index contributed by atoms with van der Waals surface area (Å²) >= 11 is 2.12. The van der Waals surface area contributed by atoms with Crippen molar-refractivity contribution in [2.45, 2.75) is 168 Å². The Kier molecular flexibility index (Phi) is 8.94. The first-order valence-electron chi connectivity index (χ1n) is 24.7. The Labute approximate surface area is 397 Å². The number of hydrogen-bond donors (Lipinski definition) is 0. The molecule has 65 heavy (non-hydrogen) atoms. The van der Waals surface area contributed by atoms with E-state index >= 15 is 0 Å². The molecule has 5 heteroatoms. The summed E-state index contributed by atoms with van der Waals surface area (Å²) in [5.74, 6) is 0. The van der Waals surface area contributed by atoms with Gasteiger partial charge in [0, 0.05) is 33.2 Å². The first-order valence-corrected chi connectivity index (χ1v) is 28.5. The monoisotopic (exact) mass is 891 g/mol. The number of rotatable bonds is 1. The van der Waals surface area contributed by atoms with Gasteiger partial charge >= 0.3 is 0 Å². The van der Waals surface area contributed by atoms with E-state index in [2.05, 4.69) is 222 Å². The number of nitrogens with zero attached hydrogens (tertiary/aromatic N) is 2. The van der Waals surface area contributed by atoms with Crippen LogP contribution in [0.15, 0.2) is 91.0 Å². The van der Waals surface area contributed by atoms with Crippen molar-refractivity contribution in [2.75, 3.05) is 9.80 Å². The second kappa shape index (κ2) is 13.4. The predicted molar refractivity (Wildman–Crippen MR) is 288 cm³/mol. The van der Waals surface area contributed by atoms with E-state index in [0.29, 0.717) is 0 Å². The van der Waals surface area contributed by atoms with E-state index in [4.69, 9.17) is 0 Å². The number of thiophene rings is 1. The van der Waals surface area contributed by atoms with Gasteiger partial charge in [0.15, 0.2) is 0 Å². The minimum Gasteiger partial charge on any atom is -0.311 e. The molecule has 0 unspecified atom stereocenters. The van der Waals surface area contributed by atoms with Crippen molar-refractivity contribution < 1.29 is 0 Å². The molecule has 2 nitrogen and oxygen atoms in total. The highest BCUT2D eigenvalue weighted by atomic mass is 32.1. The van der Waals surface area contributed by atoms with Crippen LogP contribution in [0.2, 0.25) is 13.1 Å². The van der Waals surface area contributed by atoms with Crippen LogP contribution in [-0.2, 0) is 32.5 Å². The lowest BCUT2D eigenvalue weighted by molar-refractivity contribution is 0.332. The minimum absolute atomic E-state index is 0.00675. The Morgan fingerprint density at radius 2 is 1.08 bits per heavy atom. The van der Waals surface area contributed by atoms with Crippen LogP contribution in [0.1, 0.15) is 155 Å². The molecular weight excluding hydrogens is 820 g/mol. The fourth-order valence-electron chi connectivity index (χ4n) is 12.6. The summed E-state index contributed by atoms with van der Waals surface area (Å²) in [5, 5.41) is 4.40. The van der Waals surface area contributed by atoms with Crippen LogP contribution < -0.4 is 36.6 Å². The molecule has 0 radical (unpaired) electrons. The van der Waals surface area contributed by atoms with Crippen LogP contribution in [0.5, 0.6) is 0 Å². The zero-order valence-corrected chi connectivity index (χ0v) is 44.2. The fourth-order valence-corrected chi connectivity index (χ4v) is 16.6. The molecule has 4 aliphatic heterocycles. The lowest BCUT2D eigenvalue weighted by Gasteiger charge is -2.48. The van der Waals surface area contributed by atoms with Gasteiger partial charge in [-0.25, -0.2) is 0 Å². The highest BCUT2D eigenvalue weighted by Crippen LogP contribution is 2.56. The third-order valence-electron chi connectivity index (χ3n) is 17.3. The van der Waals surface area contributed by atoms with Gasteiger partial charge in [0.05, 0.1) is 10.7 Å². The number of anilines is 6. The smallest absolute Gasteiger partial charge is 0.253 e. The maximum absolute atomic E-state index is 2.77. The Morgan fingerprint density at radius 3 is 1.69 bits per heavy atom. The van der Waals surface area contributed by atoms with Gasteiger partial charge in [0.25, 0.3) is 6.71 Å². The van der Waals surface area contributed by atoms with Gasteiger partial charge in [0.1, 0.15) is 8.07 Å². The average Bonchev–Trinajstić information content (AvgIpc) is 3.65. The summed E-state index contributed by atoms with van der Waals surface area (Å²) < 4.78 is 0. The molecule has 0 saturated carbocycles. The van der Waals surface area contributed by atoms with Crippen LogP contribution in [0.25, 0.3) is 11.1 Å². The van der Waals surface area contributed by atoms with Crippen molar-refractivity contribution >= 4 is 86.3 Å². The van der Waals surface area contributed by atoms with Crippen LogP contribution in [0.3, 0.4) is 0 Å². The fraction of sp³-hybridized carbons (Fsp3) is 0.433. The van der Waals surface area contributed by atoms with Crippen molar-refractivity contribution in [3.63, 3.8) is 0 Å². The summed E-state index contributed by atoms with van der Waals surface area (Å²) in [4.78, 5) is 7.12. The molecule has 0 amide bonds. The summed E-state index contributed by atoms with van der Waals surface area (Å²) in [6.45, 7) is 39.6. The molecule has 1 aromatic heterocycles. The van der Waals surface area contributed by atoms with Crippen LogP contribution >= 0.6 is 11.3 Å². The number of fused-ring (bicyclic) bond motifs is 9. The largest absolute Gasteiger partial charge is 0.311 e. The maximum Gasteiger partial charge on any atom is 0.253 e. The molecule has 5 aromatic carbocycles. The highest BCUT2D eigenvalue weighted by Gasteiger charge is 2.53. The zero-order chi connectivity index (χ0) is 46.3. The van der Waals surface area contributed by atoms with Gasteiger partial charge in [-0.2, -0.15) is 0 Å². The van der Waals surface area contributed by atoms with E-state index in [1.165, 1.54) is 108 Å². The maximum atomic E-state index is 2.77. The van der Waals surface area contributed by atoms with Gasteiger partial charge < -0.3 is 9.80 Å². The van der Waals surface area contributed by atoms with Gasteiger partial charge in [-0.05, 0) is 150 Å². The van der Waals surface area contributed by atoms with Crippen LogP contribution in [-0.4, -0.2) is 14.8 Å². The summed E-state index contributed by atoms with van der Waals surface area (Å²) in [5.41, 5.74) is 21.5. The molecule has 0 saturated heterocycles. The van der Waals surface area contributed by atoms with Gasteiger partial charge in [0.2, 0.25) is 0 Å². The molecule has 0 fully saturated rings. The molecule has 0 atom stereocenters. The van der Waals surface area contributed by atoms with Gasteiger partial charge in [-0.1, -0.05) is 169 Å². The van der Waals surface area contributed by atoms with Crippen molar-refractivity contribution in [1.82, 2.24) is 0 Å². The Balaban J connectivity index is 1.35. The van der Waals surface area contributed by atoms with E-state index in [-0.39, 0.29) is 39.2 Å². The molecule has 12 rings (SSSR count). The van der Waals surface area contributed by atoms with Crippen LogP contribution in [0, 0.1) is 0 Å². The molecule has 334 valence electrons. The zero-order valence-electron chi connectivity index (χ0n) is 42.4. The summed E-state index contributed by atoms with van der Waals surface area (Å²) in [7, 11) is -2.25. The molecule has 5 heterocycles. The summed E-state index contributed by atoms with van der Waals surface area (Å²) in [6.07, 6.45) is 4.77. The van der Waals surface area contributed by atoms with Crippen molar-refractivity contribution in [1.29, 1.82) is 0 Å². The highest BCUT2D eigenvalue weighted by molar-refractivity contribution is 7.20.